The number of primary sulfonamides is 1. The second-order valence-electron chi connectivity index (χ2n) is 5.53. The van der Waals surface area contributed by atoms with Gasteiger partial charge < -0.3 is 5.32 Å². The maximum atomic E-state index is 11.5. The molecule has 0 heterocycles. The van der Waals surface area contributed by atoms with Gasteiger partial charge in [-0.1, -0.05) is 12.1 Å². The van der Waals surface area contributed by atoms with Crippen LogP contribution in [-0.2, 0) is 10.0 Å². The van der Waals surface area contributed by atoms with Crippen molar-refractivity contribution in [3.63, 3.8) is 0 Å². The summed E-state index contributed by atoms with van der Waals surface area (Å²) in [6, 6.07) is 6.85. The van der Waals surface area contributed by atoms with Crippen molar-refractivity contribution in [2.45, 2.75) is 30.6 Å². The third kappa shape index (κ3) is 2.24. The smallest absolute Gasteiger partial charge is 0.240 e. The van der Waals surface area contributed by atoms with Gasteiger partial charge >= 0.3 is 0 Å². The standard InChI is InChI=1S/C13H18N2O2S/c14-18(16,17)12-4-2-1-3-11(12)15-9-13(7-8-13)10-5-6-10/h1-4,10,15H,5-9H2,(H2,14,16,17). The van der Waals surface area contributed by atoms with Crippen molar-refractivity contribution in [2.75, 3.05) is 11.9 Å². The maximum Gasteiger partial charge on any atom is 0.240 e. The number of sulfonamides is 1. The molecule has 5 heteroatoms. The molecule has 18 heavy (non-hydrogen) atoms. The zero-order chi connectivity index (χ0) is 12.8. The highest BCUT2D eigenvalue weighted by Crippen LogP contribution is 2.61. The van der Waals surface area contributed by atoms with Gasteiger partial charge in [0.1, 0.15) is 4.90 Å². The lowest BCUT2D eigenvalue weighted by molar-refractivity contribution is 0.466. The molecule has 1 aromatic carbocycles. The second-order valence-corrected chi connectivity index (χ2v) is 7.06. The quantitative estimate of drug-likeness (QED) is 0.855. The molecule has 3 rings (SSSR count). The highest BCUT2D eigenvalue weighted by atomic mass is 32.2. The van der Waals surface area contributed by atoms with Crippen molar-refractivity contribution in [3.8, 4) is 0 Å². The van der Waals surface area contributed by atoms with Crippen LogP contribution in [0, 0.1) is 11.3 Å². The molecule has 0 aromatic heterocycles. The fraction of sp³-hybridized carbons (Fsp3) is 0.538. The molecule has 3 N–H and O–H groups in total. The van der Waals surface area contributed by atoms with Crippen LogP contribution in [0.15, 0.2) is 29.2 Å². The maximum absolute atomic E-state index is 11.5. The van der Waals surface area contributed by atoms with Crippen LogP contribution in [0.25, 0.3) is 0 Å². The topological polar surface area (TPSA) is 72.2 Å². The molecule has 0 bridgehead atoms. The molecule has 0 spiro atoms. The number of para-hydroxylation sites is 1. The number of benzene rings is 1. The Kier molecular flexibility index (Phi) is 2.64. The van der Waals surface area contributed by atoms with Gasteiger partial charge in [0.05, 0.1) is 5.69 Å². The number of nitrogens with one attached hydrogen (secondary N) is 1. The van der Waals surface area contributed by atoms with Crippen LogP contribution in [0.5, 0.6) is 0 Å². The van der Waals surface area contributed by atoms with E-state index in [4.69, 9.17) is 5.14 Å². The lowest BCUT2D eigenvalue weighted by atomic mass is 10.0. The van der Waals surface area contributed by atoms with Crippen LogP contribution >= 0.6 is 0 Å². The molecule has 2 aliphatic rings. The van der Waals surface area contributed by atoms with Gasteiger partial charge in [-0.25, -0.2) is 13.6 Å². The Balaban J connectivity index is 1.77. The fourth-order valence-corrected chi connectivity index (χ4v) is 3.43. The van der Waals surface area contributed by atoms with Crippen molar-refractivity contribution < 1.29 is 8.42 Å². The van der Waals surface area contributed by atoms with E-state index in [9.17, 15) is 8.42 Å². The Morgan fingerprint density at radius 2 is 1.94 bits per heavy atom. The predicted octanol–water partition coefficient (Wildman–Crippen LogP) is 1.94. The number of hydrogen-bond acceptors (Lipinski definition) is 3. The molecule has 0 aliphatic heterocycles. The highest BCUT2D eigenvalue weighted by molar-refractivity contribution is 7.89. The van der Waals surface area contributed by atoms with Crippen LogP contribution in [0.1, 0.15) is 25.7 Å². The van der Waals surface area contributed by atoms with Crippen LogP contribution in [0.3, 0.4) is 0 Å². The van der Waals surface area contributed by atoms with Gasteiger partial charge in [-0.2, -0.15) is 0 Å². The summed E-state index contributed by atoms with van der Waals surface area (Å²) in [4.78, 5) is 0.191. The average molecular weight is 266 g/mol. The molecule has 1 aromatic rings. The fourth-order valence-electron chi connectivity index (χ4n) is 2.72. The minimum atomic E-state index is -3.65. The van der Waals surface area contributed by atoms with E-state index in [1.54, 1.807) is 18.2 Å². The summed E-state index contributed by atoms with van der Waals surface area (Å²) in [7, 11) is -3.65. The first-order chi connectivity index (χ1) is 8.51. The van der Waals surface area contributed by atoms with Crippen molar-refractivity contribution >= 4 is 15.7 Å². The van der Waals surface area contributed by atoms with Gasteiger partial charge in [0.15, 0.2) is 0 Å². The minimum absolute atomic E-state index is 0.191. The number of rotatable bonds is 5. The van der Waals surface area contributed by atoms with Crippen molar-refractivity contribution in [3.05, 3.63) is 24.3 Å². The first-order valence-electron chi connectivity index (χ1n) is 6.37. The summed E-state index contributed by atoms with van der Waals surface area (Å²) in [5.41, 5.74) is 1.07. The average Bonchev–Trinajstić information content (AvgIpc) is 3.17. The van der Waals surface area contributed by atoms with Crippen LogP contribution in [-0.4, -0.2) is 15.0 Å². The molecular weight excluding hydrogens is 248 g/mol. The van der Waals surface area contributed by atoms with E-state index in [1.165, 1.54) is 25.7 Å². The highest BCUT2D eigenvalue weighted by Gasteiger charge is 2.53. The minimum Gasteiger partial charge on any atom is -0.383 e. The zero-order valence-corrected chi connectivity index (χ0v) is 11.0. The Bertz CT molecular complexity index is 560. The van der Waals surface area contributed by atoms with Crippen LogP contribution in [0.2, 0.25) is 0 Å². The zero-order valence-electron chi connectivity index (χ0n) is 10.2. The summed E-state index contributed by atoms with van der Waals surface area (Å²) in [5, 5.41) is 8.50. The van der Waals surface area contributed by atoms with Crippen LogP contribution < -0.4 is 10.5 Å². The Morgan fingerprint density at radius 3 is 2.50 bits per heavy atom. The van der Waals surface area contributed by atoms with E-state index < -0.39 is 10.0 Å². The third-order valence-corrected chi connectivity index (χ3v) is 5.13. The normalized spacial score (nSPS) is 21.6. The van der Waals surface area contributed by atoms with Gasteiger partial charge in [0.25, 0.3) is 0 Å². The SMILES string of the molecule is NS(=O)(=O)c1ccccc1NCC1(C2CC2)CC1. The predicted molar refractivity (Wildman–Crippen MR) is 70.7 cm³/mol. The van der Waals surface area contributed by atoms with Crippen molar-refractivity contribution in [1.82, 2.24) is 0 Å². The van der Waals surface area contributed by atoms with E-state index in [-0.39, 0.29) is 4.90 Å². The molecule has 0 amide bonds. The summed E-state index contributed by atoms with van der Waals surface area (Å²) in [6.45, 7) is 0.865. The van der Waals surface area contributed by atoms with E-state index in [0.717, 1.165) is 12.5 Å². The number of nitrogens with two attached hydrogens (primary N) is 1. The molecule has 0 radical (unpaired) electrons. The molecule has 0 unspecified atom stereocenters. The molecule has 4 nitrogen and oxygen atoms in total. The Hall–Kier alpha value is -1.07. The first-order valence-corrected chi connectivity index (χ1v) is 7.92. The molecule has 2 saturated carbocycles. The first kappa shape index (κ1) is 12.0. The summed E-state index contributed by atoms with van der Waals surface area (Å²) >= 11 is 0. The summed E-state index contributed by atoms with van der Waals surface area (Å²) in [6.07, 6.45) is 5.20. The van der Waals surface area contributed by atoms with Gasteiger partial charge in [-0.3, -0.25) is 0 Å². The Labute approximate surface area is 108 Å². The monoisotopic (exact) mass is 266 g/mol. The van der Waals surface area contributed by atoms with E-state index in [2.05, 4.69) is 5.32 Å². The molecular formula is C13H18N2O2S. The van der Waals surface area contributed by atoms with E-state index in [1.807, 2.05) is 6.07 Å². The molecule has 0 saturated heterocycles. The lowest BCUT2D eigenvalue weighted by Gasteiger charge is -2.17. The largest absolute Gasteiger partial charge is 0.383 e. The summed E-state index contributed by atoms with van der Waals surface area (Å²) < 4.78 is 23.0. The number of anilines is 1. The Morgan fingerprint density at radius 1 is 1.28 bits per heavy atom. The molecule has 2 aliphatic carbocycles. The van der Waals surface area contributed by atoms with E-state index in [0.29, 0.717) is 11.1 Å². The lowest BCUT2D eigenvalue weighted by Crippen LogP contribution is -2.20. The van der Waals surface area contributed by atoms with Gasteiger partial charge in [-0.15, -0.1) is 0 Å². The van der Waals surface area contributed by atoms with Gasteiger partial charge in [-0.05, 0) is 49.1 Å². The van der Waals surface area contributed by atoms with Crippen molar-refractivity contribution in [1.29, 1.82) is 0 Å². The van der Waals surface area contributed by atoms with E-state index >= 15 is 0 Å². The summed E-state index contributed by atoms with van der Waals surface area (Å²) in [5.74, 6) is 0.853. The number of hydrogen-bond donors (Lipinski definition) is 2. The second kappa shape index (κ2) is 3.96. The van der Waals surface area contributed by atoms with Gasteiger partial charge in [0.2, 0.25) is 10.0 Å². The molecule has 2 fully saturated rings. The van der Waals surface area contributed by atoms with Gasteiger partial charge in [0, 0.05) is 6.54 Å². The van der Waals surface area contributed by atoms with Crippen molar-refractivity contribution in [2.24, 2.45) is 16.5 Å². The molecule has 0 atom stereocenters. The molecule has 98 valence electrons. The third-order valence-electron chi connectivity index (χ3n) is 4.16. The van der Waals surface area contributed by atoms with Crippen LogP contribution in [0.4, 0.5) is 5.69 Å².